The van der Waals surface area contributed by atoms with E-state index in [0.717, 1.165) is 18.5 Å². The van der Waals surface area contributed by atoms with Gasteiger partial charge in [0.15, 0.2) is 0 Å². The van der Waals surface area contributed by atoms with E-state index in [4.69, 9.17) is 0 Å². The number of fused-ring (bicyclic) bond motifs is 1. The van der Waals surface area contributed by atoms with Crippen LogP contribution in [0, 0.1) is 5.92 Å². The first kappa shape index (κ1) is 15.0. The summed E-state index contributed by atoms with van der Waals surface area (Å²) >= 11 is 0. The molecule has 1 amide bonds. The lowest BCUT2D eigenvalue weighted by atomic mass is 9.89. The summed E-state index contributed by atoms with van der Waals surface area (Å²) in [6.45, 7) is 4.54. The van der Waals surface area contributed by atoms with E-state index in [1.54, 1.807) is 0 Å². The van der Waals surface area contributed by atoms with E-state index >= 15 is 0 Å². The van der Waals surface area contributed by atoms with Gasteiger partial charge in [0.25, 0.3) is 0 Å². The molecule has 110 valence electrons. The zero-order valence-electron chi connectivity index (χ0n) is 12.8. The molecule has 3 heteroatoms. The predicted molar refractivity (Wildman–Crippen MR) is 83.9 cm³/mol. The number of hydrogen-bond donors (Lipinski definition) is 2. The topological polar surface area (TPSA) is 41.1 Å². The van der Waals surface area contributed by atoms with Crippen molar-refractivity contribution in [3.05, 3.63) is 29.3 Å². The Hall–Kier alpha value is -1.35. The number of amides is 1. The summed E-state index contributed by atoms with van der Waals surface area (Å²) < 4.78 is 0. The number of carbonyl (C=O) groups is 1. The van der Waals surface area contributed by atoms with Gasteiger partial charge in [-0.25, -0.2) is 0 Å². The molecule has 3 nitrogen and oxygen atoms in total. The molecule has 2 unspecified atom stereocenters. The number of anilines is 1. The average Bonchev–Trinajstić information content (AvgIpc) is 2.60. The second-order valence-electron chi connectivity index (χ2n) is 5.85. The van der Waals surface area contributed by atoms with Crippen LogP contribution < -0.4 is 10.6 Å². The Morgan fingerprint density at radius 2 is 2.15 bits per heavy atom. The molecular formula is C17H26N2O. The van der Waals surface area contributed by atoms with Crippen molar-refractivity contribution in [2.24, 2.45) is 5.92 Å². The van der Waals surface area contributed by atoms with E-state index in [9.17, 15) is 4.79 Å². The van der Waals surface area contributed by atoms with E-state index in [2.05, 4.69) is 42.7 Å². The Morgan fingerprint density at radius 1 is 1.35 bits per heavy atom. The molecular weight excluding hydrogens is 248 g/mol. The van der Waals surface area contributed by atoms with E-state index in [1.807, 2.05) is 7.05 Å². The minimum absolute atomic E-state index is 0.140. The summed E-state index contributed by atoms with van der Waals surface area (Å²) in [5.74, 6) is 0.754. The molecule has 1 aliphatic rings. The highest BCUT2D eigenvalue weighted by Gasteiger charge is 2.19. The number of benzene rings is 1. The van der Waals surface area contributed by atoms with Crippen LogP contribution in [0.15, 0.2) is 18.2 Å². The van der Waals surface area contributed by atoms with Crippen LogP contribution in [0.2, 0.25) is 0 Å². The largest absolute Gasteiger partial charge is 0.326 e. The van der Waals surface area contributed by atoms with Crippen molar-refractivity contribution in [2.75, 3.05) is 12.4 Å². The molecule has 1 heterocycles. The number of carbonyl (C=O) groups excluding carboxylic acids is 1. The van der Waals surface area contributed by atoms with Crippen LogP contribution in [-0.2, 0) is 11.2 Å². The first-order chi connectivity index (χ1) is 9.65. The van der Waals surface area contributed by atoms with Crippen LogP contribution in [0.5, 0.6) is 0 Å². The molecule has 0 fully saturated rings. The maximum Gasteiger partial charge on any atom is 0.224 e. The highest BCUT2D eigenvalue weighted by Crippen LogP contribution is 2.30. The van der Waals surface area contributed by atoms with Crippen LogP contribution in [-0.4, -0.2) is 13.0 Å². The second kappa shape index (κ2) is 6.89. The zero-order valence-corrected chi connectivity index (χ0v) is 12.8. The molecule has 2 N–H and O–H groups in total. The summed E-state index contributed by atoms with van der Waals surface area (Å²) in [7, 11) is 2.03. The Balaban J connectivity index is 2.25. The Labute approximate surface area is 122 Å². The monoisotopic (exact) mass is 274 g/mol. The molecule has 0 radical (unpaired) electrons. The molecule has 0 bridgehead atoms. The third-order valence-electron chi connectivity index (χ3n) is 4.24. The van der Waals surface area contributed by atoms with Crippen molar-refractivity contribution in [3.8, 4) is 0 Å². The first-order valence-electron chi connectivity index (χ1n) is 7.75. The summed E-state index contributed by atoms with van der Waals surface area (Å²) in [6, 6.07) is 6.88. The molecule has 2 rings (SSSR count). The minimum atomic E-state index is 0.140. The summed E-state index contributed by atoms with van der Waals surface area (Å²) in [5.41, 5.74) is 3.61. The van der Waals surface area contributed by atoms with Crippen molar-refractivity contribution >= 4 is 11.6 Å². The van der Waals surface area contributed by atoms with Crippen LogP contribution in [0.1, 0.15) is 56.7 Å². The third kappa shape index (κ3) is 3.40. The van der Waals surface area contributed by atoms with Gasteiger partial charge in [0.2, 0.25) is 5.91 Å². The van der Waals surface area contributed by atoms with Crippen molar-refractivity contribution in [1.82, 2.24) is 5.32 Å². The van der Waals surface area contributed by atoms with Gasteiger partial charge >= 0.3 is 0 Å². The lowest BCUT2D eigenvalue weighted by molar-refractivity contribution is -0.116. The van der Waals surface area contributed by atoms with Crippen LogP contribution in [0.3, 0.4) is 0 Å². The summed E-state index contributed by atoms with van der Waals surface area (Å²) in [4.78, 5) is 11.6. The lowest BCUT2D eigenvalue weighted by Gasteiger charge is -2.24. The highest BCUT2D eigenvalue weighted by molar-refractivity contribution is 5.92. The fourth-order valence-electron chi connectivity index (χ4n) is 3.19. The normalized spacial score (nSPS) is 17.9. The van der Waals surface area contributed by atoms with Gasteiger partial charge in [-0.2, -0.15) is 0 Å². The third-order valence-corrected chi connectivity index (χ3v) is 4.24. The Bertz CT molecular complexity index is 470. The van der Waals surface area contributed by atoms with Gasteiger partial charge in [0.05, 0.1) is 0 Å². The smallest absolute Gasteiger partial charge is 0.224 e. The summed E-state index contributed by atoms with van der Waals surface area (Å²) in [5, 5.41) is 6.45. The van der Waals surface area contributed by atoms with Crippen LogP contribution in [0.25, 0.3) is 0 Å². The molecule has 1 aliphatic heterocycles. The van der Waals surface area contributed by atoms with Gasteiger partial charge < -0.3 is 10.6 Å². The molecule has 0 saturated heterocycles. The Kier molecular flexibility index (Phi) is 5.18. The Morgan fingerprint density at radius 3 is 2.85 bits per heavy atom. The minimum Gasteiger partial charge on any atom is -0.326 e. The van der Waals surface area contributed by atoms with Gasteiger partial charge in [-0.15, -0.1) is 0 Å². The molecule has 0 aliphatic carbocycles. The van der Waals surface area contributed by atoms with Crippen molar-refractivity contribution in [3.63, 3.8) is 0 Å². The van der Waals surface area contributed by atoms with Crippen molar-refractivity contribution in [2.45, 2.75) is 52.0 Å². The van der Waals surface area contributed by atoms with E-state index in [0.29, 0.717) is 18.4 Å². The van der Waals surface area contributed by atoms with E-state index in [1.165, 1.54) is 24.0 Å². The SMILES string of the molecule is CCCC(C)C(NC)c1ccc2c(c1)CCCC(=O)N2. The quantitative estimate of drug-likeness (QED) is 0.860. The predicted octanol–water partition coefficient (Wildman–Crippen LogP) is 3.66. The van der Waals surface area contributed by atoms with Crippen molar-refractivity contribution < 1.29 is 4.79 Å². The lowest BCUT2D eigenvalue weighted by Crippen LogP contribution is -2.23. The summed E-state index contributed by atoms with van der Waals surface area (Å²) in [6.07, 6.45) is 4.99. The fourth-order valence-corrected chi connectivity index (χ4v) is 3.19. The van der Waals surface area contributed by atoms with Gasteiger partial charge in [-0.3, -0.25) is 4.79 Å². The maximum absolute atomic E-state index is 11.6. The van der Waals surface area contributed by atoms with E-state index < -0.39 is 0 Å². The number of nitrogens with one attached hydrogen (secondary N) is 2. The van der Waals surface area contributed by atoms with Crippen LogP contribution in [0.4, 0.5) is 5.69 Å². The van der Waals surface area contributed by atoms with Crippen LogP contribution >= 0.6 is 0 Å². The molecule has 2 atom stereocenters. The molecule has 1 aromatic carbocycles. The fraction of sp³-hybridized carbons (Fsp3) is 0.588. The molecule has 1 aromatic rings. The standard InChI is InChI=1S/C17H26N2O/c1-4-6-12(2)17(18-3)14-9-10-15-13(11-14)7-5-8-16(20)19-15/h9-12,17-18H,4-8H2,1-3H3,(H,19,20). The highest BCUT2D eigenvalue weighted by atomic mass is 16.1. The molecule has 0 aromatic heterocycles. The number of rotatable bonds is 5. The second-order valence-corrected chi connectivity index (χ2v) is 5.85. The van der Waals surface area contributed by atoms with Gasteiger partial charge in [-0.1, -0.05) is 32.4 Å². The molecule has 0 spiro atoms. The zero-order chi connectivity index (χ0) is 14.5. The van der Waals surface area contributed by atoms with Gasteiger partial charge in [0, 0.05) is 18.2 Å². The van der Waals surface area contributed by atoms with Crippen molar-refractivity contribution in [1.29, 1.82) is 0 Å². The maximum atomic E-state index is 11.6. The number of aryl methyl sites for hydroxylation is 1. The molecule has 0 saturated carbocycles. The first-order valence-corrected chi connectivity index (χ1v) is 7.75. The van der Waals surface area contributed by atoms with Gasteiger partial charge in [-0.05, 0) is 49.4 Å². The average molecular weight is 274 g/mol. The van der Waals surface area contributed by atoms with E-state index in [-0.39, 0.29) is 5.91 Å². The molecule has 20 heavy (non-hydrogen) atoms. The number of hydrogen-bond acceptors (Lipinski definition) is 2. The van der Waals surface area contributed by atoms with Gasteiger partial charge in [0.1, 0.15) is 0 Å².